The molecule has 1 rings (SSSR count). The average Bonchev–Trinajstić information content (AvgIpc) is 2.41. The molecule has 0 bridgehead atoms. The van der Waals surface area contributed by atoms with Crippen molar-refractivity contribution in [2.45, 2.75) is 78.7 Å². The number of amides is 2. The number of hydrogen-bond donors (Lipinski definition) is 1. The summed E-state index contributed by atoms with van der Waals surface area (Å²) in [6.07, 6.45) is -0.683. The Labute approximate surface area is 152 Å². The van der Waals surface area contributed by atoms with E-state index in [1.54, 1.807) is 9.80 Å². The Morgan fingerprint density at radius 1 is 1.00 bits per heavy atom. The van der Waals surface area contributed by atoms with Gasteiger partial charge in [0.05, 0.1) is 6.04 Å². The Hall–Kier alpha value is -1.50. The van der Waals surface area contributed by atoms with Crippen LogP contribution in [0.5, 0.6) is 0 Å². The van der Waals surface area contributed by atoms with Gasteiger partial charge in [0, 0.05) is 32.2 Å². The predicted octanol–water partition coefficient (Wildman–Crippen LogP) is 2.84. The number of ether oxygens (including phenoxy) is 2. The van der Waals surface area contributed by atoms with Crippen LogP contribution in [0.15, 0.2) is 0 Å². The van der Waals surface area contributed by atoms with Crippen LogP contribution in [0.1, 0.15) is 55.4 Å². The largest absolute Gasteiger partial charge is 0.444 e. The van der Waals surface area contributed by atoms with Crippen molar-refractivity contribution in [1.82, 2.24) is 15.1 Å². The number of nitrogens with zero attached hydrogens (tertiary/aromatic N) is 2. The highest BCUT2D eigenvalue weighted by atomic mass is 16.6. The summed E-state index contributed by atoms with van der Waals surface area (Å²) in [5.74, 6) is 0. The smallest absolute Gasteiger partial charge is 0.410 e. The molecule has 1 N–H and O–H groups in total. The number of nitrogens with one attached hydrogen (secondary N) is 1. The highest BCUT2D eigenvalue weighted by Crippen LogP contribution is 2.18. The zero-order valence-electron chi connectivity index (χ0n) is 17.0. The zero-order chi connectivity index (χ0) is 19.4. The fourth-order valence-corrected chi connectivity index (χ4v) is 2.45. The summed E-state index contributed by atoms with van der Waals surface area (Å²) in [6, 6.07) is 0.135. The number of piperazine rings is 1. The van der Waals surface area contributed by atoms with E-state index in [0.717, 1.165) is 0 Å². The van der Waals surface area contributed by atoms with Crippen molar-refractivity contribution in [2.24, 2.45) is 0 Å². The Morgan fingerprint density at radius 3 is 2.00 bits per heavy atom. The first kappa shape index (κ1) is 21.5. The van der Waals surface area contributed by atoms with Crippen molar-refractivity contribution in [3.8, 4) is 0 Å². The fraction of sp³-hybridized carbons (Fsp3) is 0.889. The standard InChI is InChI=1S/C18H35N3O4/c1-13(2)19-11-14-12-20(15(22)24-17(3,4)5)9-10-21(14)16(23)25-18(6,7)8/h13-14,19H,9-12H2,1-8H3. The zero-order valence-corrected chi connectivity index (χ0v) is 17.0. The first-order chi connectivity index (χ1) is 11.3. The van der Waals surface area contributed by atoms with Gasteiger partial charge in [-0.15, -0.1) is 0 Å². The van der Waals surface area contributed by atoms with Crippen molar-refractivity contribution in [2.75, 3.05) is 26.2 Å². The molecule has 2 amide bonds. The van der Waals surface area contributed by atoms with Crippen LogP contribution in [-0.4, -0.2) is 71.5 Å². The lowest BCUT2D eigenvalue weighted by atomic mass is 10.1. The second-order valence-electron chi connectivity index (χ2n) is 8.82. The molecular weight excluding hydrogens is 322 g/mol. The number of hydrogen-bond acceptors (Lipinski definition) is 5. The van der Waals surface area contributed by atoms with E-state index >= 15 is 0 Å². The molecule has 0 aromatic rings. The van der Waals surface area contributed by atoms with Gasteiger partial charge >= 0.3 is 12.2 Å². The van der Waals surface area contributed by atoms with E-state index in [9.17, 15) is 9.59 Å². The maximum atomic E-state index is 12.5. The molecule has 0 spiro atoms. The van der Waals surface area contributed by atoms with E-state index in [-0.39, 0.29) is 24.3 Å². The van der Waals surface area contributed by atoms with Crippen LogP contribution in [-0.2, 0) is 9.47 Å². The lowest BCUT2D eigenvalue weighted by molar-refractivity contribution is -0.0147. The van der Waals surface area contributed by atoms with Gasteiger partial charge in [0.2, 0.25) is 0 Å². The molecule has 146 valence electrons. The number of carbonyl (C=O) groups is 2. The number of carbonyl (C=O) groups excluding carboxylic acids is 2. The van der Waals surface area contributed by atoms with E-state index in [2.05, 4.69) is 5.32 Å². The van der Waals surface area contributed by atoms with Gasteiger partial charge in [-0.05, 0) is 41.5 Å². The van der Waals surface area contributed by atoms with Crippen LogP contribution >= 0.6 is 0 Å². The molecule has 1 aliphatic heterocycles. The first-order valence-corrected chi connectivity index (χ1v) is 8.99. The molecule has 7 nitrogen and oxygen atoms in total. The summed E-state index contributed by atoms with van der Waals surface area (Å²) < 4.78 is 11.0. The van der Waals surface area contributed by atoms with Crippen LogP contribution in [0.4, 0.5) is 9.59 Å². The fourth-order valence-electron chi connectivity index (χ4n) is 2.45. The Kier molecular flexibility index (Phi) is 7.11. The van der Waals surface area contributed by atoms with Crippen LogP contribution in [0.3, 0.4) is 0 Å². The molecule has 7 heteroatoms. The first-order valence-electron chi connectivity index (χ1n) is 8.99. The van der Waals surface area contributed by atoms with Gasteiger partial charge in [-0.2, -0.15) is 0 Å². The third-order valence-corrected chi connectivity index (χ3v) is 3.52. The topological polar surface area (TPSA) is 71.1 Å². The average molecular weight is 357 g/mol. The Morgan fingerprint density at radius 2 is 1.52 bits per heavy atom. The van der Waals surface area contributed by atoms with Crippen molar-refractivity contribution in [3.63, 3.8) is 0 Å². The minimum atomic E-state index is -0.546. The van der Waals surface area contributed by atoms with Gasteiger partial charge in [0.1, 0.15) is 11.2 Å². The molecular formula is C18H35N3O4. The summed E-state index contributed by atoms with van der Waals surface area (Å²) in [7, 11) is 0. The molecule has 1 atom stereocenters. The number of rotatable bonds is 3. The van der Waals surface area contributed by atoms with Crippen LogP contribution in [0.2, 0.25) is 0 Å². The highest BCUT2D eigenvalue weighted by Gasteiger charge is 2.36. The van der Waals surface area contributed by atoms with E-state index < -0.39 is 11.2 Å². The van der Waals surface area contributed by atoms with Crippen molar-refractivity contribution < 1.29 is 19.1 Å². The molecule has 0 saturated carbocycles. The predicted molar refractivity (Wildman–Crippen MR) is 97.7 cm³/mol. The Balaban J connectivity index is 2.80. The van der Waals surface area contributed by atoms with Crippen LogP contribution in [0.25, 0.3) is 0 Å². The van der Waals surface area contributed by atoms with Crippen molar-refractivity contribution in [1.29, 1.82) is 0 Å². The molecule has 1 saturated heterocycles. The van der Waals surface area contributed by atoms with E-state index in [1.165, 1.54) is 0 Å². The molecule has 25 heavy (non-hydrogen) atoms. The monoisotopic (exact) mass is 357 g/mol. The molecule has 0 aliphatic carbocycles. The van der Waals surface area contributed by atoms with Crippen molar-refractivity contribution in [3.05, 3.63) is 0 Å². The maximum absolute atomic E-state index is 12.5. The molecule has 0 aromatic heterocycles. The molecule has 0 radical (unpaired) electrons. The minimum Gasteiger partial charge on any atom is -0.444 e. The summed E-state index contributed by atoms with van der Waals surface area (Å²) >= 11 is 0. The summed E-state index contributed by atoms with van der Waals surface area (Å²) in [4.78, 5) is 28.2. The SMILES string of the molecule is CC(C)NCC1CN(C(=O)OC(C)(C)C)CCN1C(=O)OC(C)(C)C. The maximum Gasteiger partial charge on any atom is 0.410 e. The molecule has 1 unspecified atom stereocenters. The summed E-state index contributed by atoms with van der Waals surface area (Å²) in [6.45, 7) is 17.1. The van der Waals surface area contributed by atoms with Crippen LogP contribution < -0.4 is 5.32 Å². The quantitative estimate of drug-likeness (QED) is 0.841. The van der Waals surface area contributed by atoms with Gasteiger partial charge < -0.3 is 24.6 Å². The molecule has 1 heterocycles. The highest BCUT2D eigenvalue weighted by molar-refractivity contribution is 5.71. The van der Waals surface area contributed by atoms with Gasteiger partial charge in [0.25, 0.3) is 0 Å². The lowest BCUT2D eigenvalue weighted by Gasteiger charge is -2.42. The van der Waals surface area contributed by atoms with Gasteiger partial charge in [-0.1, -0.05) is 13.8 Å². The van der Waals surface area contributed by atoms with Gasteiger partial charge in [0.15, 0.2) is 0 Å². The normalized spacial score (nSPS) is 19.2. The minimum absolute atomic E-state index is 0.154. The second kappa shape index (κ2) is 8.25. The summed E-state index contributed by atoms with van der Waals surface area (Å²) in [5, 5.41) is 3.34. The third-order valence-electron chi connectivity index (χ3n) is 3.52. The van der Waals surface area contributed by atoms with Crippen LogP contribution in [0, 0.1) is 0 Å². The van der Waals surface area contributed by atoms with E-state index in [1.807, 2.05) is 55.4 Å². The summed E-state index contributed by atoms with van der Waals surface area (Å²) in [5.41, 5.74) is -1.08. The lowest BCUT2D eigenvalue weighted by Crippen LogP contribution is -2.60. The second-order valence-corrected chi connectivity index (χ2v) is 8.82. The van der Waals surface area contributed by atoms with E-state index in [0.29, 0.717) is 26.2 Å². The molecule has 1 fully saturated rings. The molecule has 0 aromatic carbocycles. The van der Waals surface area contributed by atoms with Gasteiger partial charge in [-0.3, -0.25) is 0 Å². The van der Waals surface area contributed by atoms with Crippen molar-refractivity contribution >= 4 is 12.2 Å². The molecule has 1 aliphatic rings. The van der Waals surface area contributed by atoms with E-state index in [4.69, 9.17) is 9.47 Å². The Bertz CT molecular complexity index is 466. The van der Waals surface area contributed by atoms with Gasteiger partial charge in [-0.25, -0.2) is 9.59 Å². The third kappa shape index (κ3) is 7.94.